The molecule has 0 saturated carbocycles. The number of para-hydroxylation sites is 3. The Hall–Kier alpha value is -3.02. The average Bonchev–Trinajstić information content (AvgIpc) is 2.64. The van der Waals surface area contributed by atoms with Crippen molar-refractivity contribution in [3.8, 4) is 5.75 Å². The monoisotopic (exact) mass is 356 g/mol. The van der Waals surface area contributed by atoms with Crippen LogP contribution in [-0.2, 0) is 9.53 Å². The van der Waals surface area contributed by atoms with Gasteiger partial charge in [0, 0.05) is 18.7 Å². The summed E-state index contributed by atoms with van der Waals surface area (Å²) in [6.45, 7) is 4.88. The second-order valence-electron chi connectivity index (χ2n) is 5.42. The van der Waals surface area contributed by atoms with Crippen molar-refractivity contribution in [2.75, 3.05) is 30.4 Å². The Kier molecular flexibility index (Phi) is 7.49. The molecule has 0 aromatic heterocycles. The molecule has 2 aromatic carbocycles. The lowest BCUT2D eigenvalue weighted by molar-refractivity contribution is -0.116. The smallest absolute Gasteiger partial charge is 0.340 e. The molecule has 1 amide bonds. The predicted octanol–water partition coefficient (Wildman–Crippen LogP) is 3.70. The summed E-state index contributed by atoms with van der Waals surface area (Å²) < 4.78 is 10.5. The van der Waals surface area contributed by atoms with Gasteiger partial charge < -0.3 is 20.1 Å². The Labute approximate surface area is 153 Å². The number of benzene rings is 2. The molecule has 0 atom stereocenters. The summed E-state index contributed by atoms with van der Waals surface area (Å²) in [5.74, 6) is 0.118. The van der Waals surface area contributed by atoms with E-state index in [0.717, 1.165) is 0 Å². The zero-order chi connectivity index (χ0) is 18.8. The maximum Gasteiger partial charge on any atom is 0.340 e. The number of esters is 1. The predicted molar refractivity (Wildman–Crippen MR) is 102 cm³/mol. The Morgan fingerprint density at radius 1 is 0.923 bits per heavy atom. The first kappa shape index (κ1) is 19.3. The highest BCUT2D eigenvalue weighted by atomic mass is 16.5. The topological polar surface area (TPSA) is 76.7 Å². The first-order chi connectivity index (χ1) is 12.7. The number of ether oxygens (including phenoxy) is 2. The van der Waals surface area contributed by atoms with E-state index in [1.54, 1.807) is 31.2 Å². The van der Waals surface area contributed by atoms with Crippen molar-refractivity contribution < 1.29 is 19.1 Å². The van der Waals surface area contributed by atoms with Crippen molar-refractivity contribution in [3.05, 3.63) is 54.1 Å². The molecule has 6 nitrogen and oxygen atoms in total. The Morgan fingerprint density at radius 3 is 2.35 bits per heavy atom. The molecule has 0 fully saturated rings. The first-order valence-corrected chi connectivity index (χ1v) is 8.67. The molecule has 2 N–H and O–H groups in total. The van der Waals surface area contributed by atoms with Crippen molar-refractivity contribution in [3.63, 3.8) is 0 Å². The van der Waals surface area contributed by atoms with Crippen molar-refractivity contribution in [1.29, 1.82) is 0 Å². The van der Waals surface area contributed by atoms with Crippen molar-refractivity contribution in [2.45, 2.75) is 20.3 Å². The highest BCUT2D eigenvalue weighted by Crippen LogP contribution is 2.23. The van der Waals surface area contributed by atoms with Crippen LogP contribution in [0.4, 0.5) is 11.4 Å². The maximum atomic E-state index is 12.2. The van der Waals surface area contributed by atoms with Crippen molar-refractivity contribution in [1.82, 2.24) is 0 Å². The minimum atomic E-state index is -0.384. The number of rotatable bonds is 9. The lowest BCUT2D eigenvalue weighted by Gasteiger charge is -2.13. The van der Waals surface area contributed by atoms with Gasteiger partial charge >= 0.3 is 5.97 Å². The molecule has 2 rings (SSSR count). The van der Waals surface area contributed by atoms with Gasteiger partial charge in [0.2, 0.25) is 5.91 Å². The molecule has 0 unspecified atom stereocenters. The molecule has 0 heterocycles. The van der Waals surface area contributed by atoms with Gasteiger partial charge in [-0.2, -0.15) is 0 Å². The van der Waals surface area contributed by atoms with E-state index in [4.69, 9.17) is 9.47 Å². The molecule has 0 saturated heterocycles. The molecular weight excluding hydrogens is 332 g/mol. The third kappa shape index (κ3) is 5.51. The van der Waals surface area contributed by atoms with Gasteiger partial charge in [-0.1, -0.05) is 24.3 Å². The quantitative estimate of drug-likeness (QED) is 0.670. The standard InChI is InChI=1S/C20H24N2O4/c1-3-25-18-12-8-7-11-17(18)22-19(23)13-14-21-16-10-6-5-9-15(16)20(24)26-4-2/h5-12,21H,3-4,13-14H2,1-2H3,(H,22,23). The molecule has 138 valence electrons. The number of anilines is 2. The minimum absolute atomic E-state index is 0.140. The lowest BCUT2D eigenvalue weighted by Crippen LogP contribution is -2.18. The van der Waals surface area contributed by atoms with Crippen LogP contribution in [-0.4, -0.2) is 31.6 Å². The normalized spacial score (nSPS) is 10.1. The summed E-state index contributed by atoms with van der Waals surface area (Å²) in [6, 6.07) is 14.4. The van der Waals surface area contributed by atoms with E-state index in [-0.39, 0.29) is 18.3 Å². The van der Waals surface area contributed by atoms with Crippen LogP contribution in [0.2, 0.25) is 0 Å². The minimum Gasteiger partial charge on any atom is -0.492 e. The number of nitrogens with one attached hydrogen (secondary N) is 2. The Morgan fingerprint density at radius 2 is 1.62 bits per heavy atom. The molecule has 6 heteroatoms. The molecule has 2 aromatic rings. The van der Waals surface area contributed by atoms with Crippen LogP contribution in [0.15, 0.2) is 48.5 Å². The summed E-state index contributed by atoms with van der Waals surface area (Å²) in [6.07, 6.45) is 0.248. The maximum absolute atomic E-state index is 12.2. The zero-order valence-electron chi connectivity index (χ0n) is 15.1. The van der Waals surface area contributed by atoms with Gasteiger partial charge in [0.15, 0.2) is 0 Å². The molecule has 0 aliphatic heterocycles. The van der Waals surface area contributed by atoms with Gasteiger partial charge in [-0.25, -0.2) is 4.79 Å². The molecule has 0 spiro atoms. The Bertz CT molecular complexity index is 746. The van der Waals surface area contributed by atoms with Gasteiger partial charge in [-0.15, -0.1) is 0 Å². The molecule has 0 bridgehead atoms. The summed E-state index contributed by atoms with van der Waals surface area (Å²) in [4.78, 5) is 24.1. The zero-order valence-corrected chi connectivity index (χ0v) is 15.1. The van der Waals surface area contributed by atoms with Gasteiger partial charge in [-0.3, -0.25) is 4.79 Å². The van der Waals surface area contributed by atoms with Crippen LogP contribution in [0.3, 0.4) is 0 Å². The van der Waals surface area contributed by atoms with Crippen molar-refractivity contribution in [2.24, 2.45) is 0 Å². The van der Waals surface area contributed by atoms with Gasteiger partial charge in [0.1, 0.15) is 5.75 Å². The van der Waals surface area contributed by atoms with E-state index in [2.05, 4.69) is 10.6 Å². The summed E-state index contributed by atoms with van der Waals surface area (Å²) in [7, 11) is 0. The van der Waals surface area contributed by atoms with Gasteiger partial charge in [0.25, 0.3) is 0 Å². The van der Waals surface area contributed by atoms with Crippen molar-refractivity contribution >= 4 is 23.3 Å². The summed E-state index contributed by atoms with van der Waals surface area (Å²) >= 11 is 0. The summed E-state index contributed by atoms with van der Waals surface area (Å²) in [5, 5.41) is 5.96. The van der Waals surface area contributed by atoms with Crippen LogP contribution in [0, 0.1) is 0 Å². The van der Waals surface area contributed by atoms with Gasteiger partial charge in [-0.05, 0) is 38.1 Å². The van der Waals surface area contributed by atoms with Crippen LogP contribution >= 0.6 is 0 Å². The van der Waals surface area contributed by atoms with E-state index < -0.39 is 0 Å². The number of amides is 1. The van der Waals surface area contributed by atoms with E-state index >= 15 is 0 Å². The second-order valence-corrected chi connectivity index (χ2v) is 5.42. The fourth-order valence-corrected chi connectivity index (χ4v) is 2.40. The first-order valence-electron chi connectivity index (χ1n) is 8.67. The van der Waals surface area contributed by atoms with E-state index in [0.29, 0.717) is 42.4 Å². The summed E-state index contributed by atoms with van der Waals surface area (Å²) in [5.41, 5.74) is 1.75. The third-order valence-electron chi connectivity index (χ3n) is 3.55. The molecular formula is C20H24N2O4. The number of carbonyl (C=O) groups is 2. The fraction of sp³-hybridized carbons (Fsp3) is 0.300. The Balaban J connectivity index is 1.90. The van der Waals surface area contributed by atoms with Crippen LogP contribution in [0.25, 0.3) is 0 Å². The molecule has 0 radical (unpaired) electrons. The lowest BCUT2D eigenvalue weighted by atomic mass is 10.1. The third-order valence-corrected chi connectivity index (χ3v) is 3.55. The van der Waals surface area contributed by atoms with E-state index in [1.807, 2.05) is 31.2 Å². The number of hydrogen-bond donors (Lipinski definition) is 2. The van der Waals surface area contributed by atoms with Crippen LogP contribution in [0.5, 0.6) is 5.75 Å². The van der Waals surface area contributed by atoms with E-state index in [1.165, 1.54) is 0 Å². The highest BCUT2D eigenvalue weighted by molar-refractivity contribution is 5.96. The number of carbonyl (C=O) groups excluding carboxylic acids is 2. The molecule has 0 aliphatic rings. The van der Waals surface area contributed by atoms with E-state index in [9.17, 15) is 9.59 Å². The van der Waals surface area contributed by atoms with Crippen LogP contribution < -0.4 is 15.4 Å². The van der Waals surface area contributed by atoms with Crippen LogP contribution in [0.1, 0.15) is 30.6 Å². The highest BCUT2D eigenvalue weighted by Gasteiger charge is 2.12. The second kappa shape index (κ2) is 10.1. The van der Waals surface area contributed by atoms with Gasteiger partial charge in [0.05, 0.1) is 24.5 Å². The SMILES string of the molecule is CCOC(=O)c1ccccc1NCCC(=O)Nc1ccccc1OCC. The largest absolute Gasteiger partial charge is 0.492 e. The number of hydrogen-bond acceptors (Lipinski definition) is 5. The molecule has 26 heavy (non-hydrogen) atoms. The molecule has 0 aliphatic carbocycles. The average molecular weight is 356 g/mol. The fourth-order valence-electron chi connectivity index (χ4n) is 2.40.